The van der Waals surface area contributed by atoms with E-state index in [9.17, 15) is 9.90 Å². The molecule has 0 aromatic heterocycles. The number of nitrogens with one attached hydrogen (secondary N) is 1. The second-order valence-corrected chi connectivity index (χ2v) is 6.06. The Morgan fingerprint density at radius 3 is 2.74 bits per heavy atom. The van der Waals surface area contributed by atoms with Crippen LogP contribution in [-0.2, 0) is 0 Å². The van der Waals surface area contributed by atoms with Crippen molar-refractivity contribution in [2.75, 3.05) is 26.2 Å². The molecule has 126 valence electrons. The Kier molecular flexibility index (Phi) is 4.88. The van der Waals surface area contributed by atoms with Crippen LogP contribution in [0.3, 0.4) is 0 Å². The molecule has 0 saturated carbocycles. The summed E-state index contributed by atoms with van der Waals surface area (Å²) in [7, 11) is 0. The number of fused-ring (bicyclic) bond motifs is 1. The number of hydrogen-bond acceptors (Lipinski definition) is 5. The zero-order valence-electron chi connectivity index (χ0n) is 13.0. The van der Waals surface area contributed by atoms with Crippen molar-refractivity contribution in [3.05, 3.63) is 24.3 Å². The molecule has 1 fully saturated rings. The molecule has 1 aromatic rings. The van der Waals surface area contributed by atoms with Crippen molar-refractivity contribution in [2.45, 2.75) is 31.1 Å². The van der Waals surface area contributed by atoms with Gasteiger partial charge in [-0.25, -0.2) is 4.79 Å². The number of β-amino-alcohol motifs (C(OH)–C–C–N with tert-alkyl or cyclic N) is 1. The van der Waals surface area contributed by atoms with Gasteiger partial charge in [0.25, 0.3) is 0 Å². The maximum absolute atomic E-state index is 10.9. The molecule has 4 N–H and O–H groups in total. The molecule has 2 aliphatic rings. The Hall–Kier alpha value is -1.99. The number of para-hydroxylation sites is 2. The van der Waals surface area contributed by atoms with Gasteiger partial charge in [-0.3, -0.25) is 0 Å². The van der Waals surface area contributed by atoms with Crippen LogP contribution in [0.15, 0.2) is 24.3 Å². The highest BCUT2D eigenvalue weighted by molar-refractivity contribution is 5.71. The SMILES string of the molecule is NC(=O)NC1CCN(CC(O)C2COc3ccccc3O2)CC1. The summed E-state index contributed by atoms with van der Waals surface area (Å²) < 4.78 is 11.5. The first-order valence-electron chi connectivity index (χ1n) is 7.96. The predicted molar refractivity (Wildman–Crippen MR) is 84.5 cm³/mol. The molecule has 7 nitrogen and oxygen atoms in total. The van der Waals surface area contributed by atoms with Gasteiger partial charge >= 0.3 is 6.03 Å². The van der Waals surface area contributed by atoms with Crippen molar-refractivity contribution in [1.82, 2.24) is 10.2 Å². The fourth-order valence-electron chi connectivity index (χ4n) is 3.07. The Morgan fingerprint density at radius 2 is 2.04 bits per heavy atom. The number of nitrogens with two attached hydrogens (primary N) is 1. The molecule has 2 atom stereocenters. The number of amides is 2. The number of piperidine rings is 1. The normalized spacial score (nSPS) is 23.3. The maximum Gasteiger partial charge on any atom is 0.312 e. The molecular formula is C16H23N3O4. The number of aliphatic hydroxyl groups is 1. The van der Waals surface area contributed by atoms with E-state index in [1.54, 1.807) is 0 Å². The Morgan fingerprint density at radius 1 is 1.35 bits per heavy atom. The van der Waals surface area contributed by atoms with E-state index in [0.717, 1.165) is 25.9 Å². The van der Waals surface area contributed by atoms with Gasteiger partial charge in [0, 0.05) is 25.7 Å². The lowest BCUT2D eigenvalue weighted by molar-refractivity contribution is -0.0282. The van der Waals surface area contributed by atoms with Crippen LogP contribution in [-0.4, -0.2) is 60.5 Å². The summed E-state index contributed by atoms with van der Waals surface area (Å²) in [4.78, 5) is 13.0. The summed E-state index contributed by atoms with van der Waals surface area (Å²) in [5.74, 6) is 1.39. The second kappa shape index (κ2) is 7.06. The van der Waals surface area contributed by atoms with Crippen molar-refractivity contribution in [2.24, 2.45) is 5.73 Å². The predicted octanol–water partition coefficient (Wildman–Crippen LogP) is 0.320. The fourth-order valence-corrected chi connectivity index (χ4v) is 3.07. The number of aliphatic hydroxyl groups excluding tert-OH is 1. The third kappa shape index (κ3) is 4.05. The number of primary amides is 1. The second-order valence-electron chi connectivity index (χ2n) is 6.06. The number of carbonyl (C=O) groups excluding carboxylic acids is 1. The lowest BCUT2D eigenvalue weighted by atomic mass is 10.0. The van der Waals surface area contributed by atoms with Crippen molar-refractivity contribution in [3.63, 3.8) is 0 Å². The molecule has 2 unspecified atom stereocenters. The summed E-state index contributed by atoms with van der Waals surface area (Å²) >= 11 is 0. The molecule has 0 bridgehead atoms. The third-order valence-corrected chi connectivity index (χ3v) is 4.34. The van der Waals surface area contributed by atoms with E-state index in [0.29, 0.717) is 24.7 Å². The van der Waals surface area contributed by atoms with E-state index in [4.69, 9.17) is 15.2 Å². The molecule has 1 saturated heterocycles. The highest BCUT2D eigenvalue weighted by Crippen LogP contribution is 2.31. The fraction of sp³-hybridized carbons (Fsp3) is 0.562. The van der Waals surface area contributed by atoms with Gasteiger partial charge in [-0.1, -0.05) is 12.1 Å². The van der Waals surface area contributed by atoms with Gasteiger partial charge in [-0.2, -0.15) is 0 Å². The first-order valence-corrected chi connectivity index (χ1v) is 7.96. The number of hydrogen-bond donors (Lipinski definition) is 3. The number of nitrogens with zero attached hydrogens (tertiary/aromatic N) is 1. The first kappa shape index (κ1) is 15.9. The van der Waals surface area contributed by atoms with Crippen molar-refractivity contribution in [1.29, 1.82) is 0 Å². The van der Waals surface area contributed by atoms with E-state index in [1.807, 2.05) is 24.3 Å². The number of benzene rings is 1. The van der Waals surface area contributed by atoms with Crippen molar-refractivity contribution >= 4 is 6.03 Å². The molecule has 2 amide bonds. The quantitative estimate of drug-likeness (QED) is 0.742. The van der Waals surface area contributed by atoms with E-state index in [2.05, 4.69) is 10.2 Å². The molecule has 0 aliphatic carbocycles. The number of urea groups is 1. The van der Waals surface area contributed by atoms with Crippen LogP contribution in [0.2, 0.25) is 0 Å². The van der Waals surface area contributed by atoms with E-state index >= 15 is 0 Å². The number of ether oxygens (including phenoxy) is 2. The Balaban J connectivity index is 1.47. The maximum atomic E-state index is 10.9. The summed E-state index contributed by atoms with van der Waals surface area (Å²) in [6.45, 7) is 2.50. The van der Waals surface area contributed by atoms with Crippen molar-refractivity contribution in [3.8, 4) is 11.5 Å². The highest BCUT2D eigenvalue weighted by Gasteiger charge is 2.30. The molecule has 1 aromatic carbocycles. The summed E-state index contributed by atoms with van der Waals surface area (Å²) in [5, 5.41) is 13.2. The standard InChI is InChI=1S/C16H23N3O4/c17-16(21)18-11-5-7-19(8-6-11)9-12(20)15-10-22-13-3-1-2-4-14(13)23-15/h1-4,11-12,15,20H,5-10H2,(H3,17,18,21). The van der Waals surface area contributed by atoms with Gasteiger partial charge in [-0.15, -0.1) is 0 Å². The van der Waals surface area contributed by atoms with Crippen LogP contribution < -0.4 is 20.5 Å². The molecular weight excluding hydrogens is 298 g/mol. The zero-order valence-corrected chi connectivity index (χ0v) is 13.0. The first-order chi connectivity index (χ1) is 11.1. The summed E-state index contributed by atoms with van der Waals surface area (Å²) in [6.07, 6.45) is 0.677. The zero-order chi connectivity index (χ0) is 16.2. The number of likely N-dealkylation sites (tertiary alicyclic amines) is 1. The Labute approximate surface area is 135 Å². The van der Waals surface area contributed by atoms with Crippen LogP contribution in [0.4, 0.5) is 4.79 Å². The highest BCUT2D eigenvalue weighted by atomic mass is 16.6. The van der Waals surface area contributed by atoms with Crippen LogP contribution in [0.5, 0.6) is 11.5 Å². The minimum Gasteiger partial charge on any atom is -0.486 e. The van der Waals surface area contributed by atoms with E-state index < -0.39 is 12.1 Å². The molecule has 0 spiro atoms. The van der Waals surface area contributed by atoms with Gasteiger partial charge in [0.05, 0.1) is 0 Å². The molecule has 3 rings (SSSR count). The van der Waals surface area contributed by atoms with Gasteiger partial charge < -0.3 is 30.5 Å². The lowest BCUT2D eigenvalue weighted by Crippen LogP contribution is -2.51. The van der Waals surface area contributed by atoms with Crippen LogP contribution in [0, 0.1) is 0 Å². The molecule has 2 heterocycles. The minimum absolute atomic E-state index is 0.127. The molecule has 0 radical (unpaired) electrons. The minimum atomic E-state index is -0.621. The average Bonchev–Trinajstić information content (AvgIpc) is 2.55. The Bertz CT molecular complexity index is 546. The van der Waals surface area contributed by atoms with Gasteiger partial charge in [0.1, 0.15) is 12.7 Å². The van der Waals surface area contributed by atoms with E-state index in [-0.39, 0.29) is 12.1 Å². The van der Waals surface area contributed by atoms with Crippen LogP contribution in [0.25, 0.3) is 0 Å². The average molecular weight is 321 g/mol. The molecule has 2 aliphatic heterocycles. The summed E-state index contributed by atoms with van der Waals surface area (Å²) in [5.41, 5.74) is 5.14. The van der Waals surface area contributed by atoms with Gasteiger partial charge in [-0.05, 0) is 25.0 Å². The summed E-state index contributed by atoms with van der Waals surface area (Å²) in [6, 6.07) is 7.12. The number of rotatable bonds is 4. The monoisotopic (exact) mass is 321 g/mol. The van der Waals surface area contributed by atoms with Gasteiger partial charge in [0.15, 0.2) is 17.6 Å². The molecule has 7 heteroatoms. The van der Waals surface area contributed by atoms with Gasteiger partial charge in [0.2, 0.25) is 0 Å². The number of carbonyl (C=O) groups is 1. The third-order valence-electron chi connectivity index (χ3n) is 4.34. The molecule has 23 heavy (non-hydrogen) atoms. The van der Waals surface area contributed by atoms with Crippen LogP contribution >= 0.6 is 0 Å². The smallest absolute Gasteiger partial charge is 0.312 e. The van der Waals surface area contributed by atoms with Crippen molar-refractivity contribution < 1.29 is 19.4 Å². The lowest BCUT2D eigenvalue weighted by Gasteiger charge is -2.36. The topological polar surface area (TPSA) is 97.1 Å². The largest absolute Gasteiger partial charge is 0.486 e. The van der Waals surface area contributed by atoms with E-state index in [1.165, 1.54) is 0 Å². The van der Waals surface area contributed by atoms with Crippen LogP contribution in [0.1, 0.15) is 12.8 Å².